The van der Waals surface area contributed by atoms with Crippen molar-refractivity contribution in [2.45, 2.75) is 19.6 Å². The lowest BCUT2D eigenvalue weighted by atomic mass is 9.97. The molecule has 0 fully saturated rings. The van der Waals surface area contributed by atoms with Crippen molar-refractivity contribution in [1.82, 2.24) is 0 Å². The minimum Gasteiger partial charge on any atom is -0.489 e. The molecule has 0 bridgehead atoms. The predicted molar refractivity (Wildman–Crippen MR) is 123 cm³/mol. The summed E-state index contributed by atoms with van der Waals surface area (Å²) in [6.07, 6.45) is 2.35. The third-order valence-electron chi connectivity index (χ3n) is 4.99. The van der Waals surface area contributed by atoms with E-state index in [0.29, 0.717) is 22.4 Å². The SMILES string of the molecule is COC.NCc1cccc(-c2cc(COc3ccccc3CC=O)c(F)c3ccoc23)c1F. The molecule has 0 spiro atoms. The Kier molecular flexibility index (Phi) is 8.29. The Morgan fingerprint density at radius 3 is 2.39 bits per heavy atom. The number of furan rings is 1. The molecule has 4 aromatic rings. The van der Waals surface area contributed by atoms with Crippen molar-refractivity contribution in [2.75, 3.05) is 14.2 Å². The minimum atomic E-state index is -0.495. The van der Waals surface area contributed by atoms with Crippen LogP contribution in [0.3, 0.4) is 0 Å². The smallest absolute Gasteiger partial charge is 0.144 e. The summed E-state index contributed by atoms with van der Waals surface area (Å²) in [6, 6.07) is 15.0. The Labute approximate surface area is 190 Å². The molecule has 33 heavy (non-hydrogen) atoms. The maximum absolute atomic E-state index is 15.1. The molecule has 1 aromatic heterocycles. The molecular weight excluding hydrogens is 428 g/mol. The maximum atomic E-state index is 15.1. The molecule has 0 saturated heterocycles. The van der Waals surface area contributed by atoms with Gasteiger partial charge in [0.2, 0.25) is 0 Å². The van der Waals surface area contributed by atoms with Crippen LogP contribution in [-0.2, 0) is 29.1 Å². The number of hydrogen-bond acceptors (Lipinski definition) is 5. The number of methoxy groups -OCH3 is 1. The molecule has 1 heterocycles. The summed E-state index contributed by atoms with van der Waals surface area (Å²) in [7, 11) is 3.25. The molecule has 2 N–H and O–H groups in total. The first-order valence-corrected chi connectivity index (χ1v) is 10.3. The molecule has 0 radical (unpaired) electrons. The number of halogens is 2. The number of nitrogens with two attached hydrogens (primary N) is 1. The third-order valence-corrected chi connectivity index (χ3v) is 4.99. The molecule has 0 aliphatic heterocycles. The van der Waals surface area contributed by atoms with Gasteiger partial charge in [0, 0.05) is 55.0 Å². The van der Waals surface area contributed by atoms with Crippen LogP contribution in [0.5, 0.6) is 5.75 Å². The van der Waals surface area contributed by atoms with E-state index in [1.165, 1.54) is 18.4 Å². The fourth-order valence-electron chi connectivity index (χ4n) is 3.48. The zero-order valence-electron chi connectivity index (χ0n) is 18.4. The second-order valence-corrected chi connectivity index (χ2v) is 7.22. The molecule has 3 aromatic carbocycles. The van der Waals surface area contributed by atoms with Crippen LogP contribution in [0, 0.1) is 11.6 Å². The molecule has 0 unspecified atom stereocenters. The Hall–Kier alpha value is -3.55. The summed E-state index contributed by atoms with van der Waals surface area (Å²) in [5, 5.41) is 0.241. The summed E-state index contributed by atoms with van der Waals surface area (Å²) < 4.78 is 45.5. The van der Waals surface area contributed by atoms with Crippen LogP contribution in [0.1, 0.15) is 16.7 Å². The Bertz CT molecular complexity index is 1240. The van der Waals surface area contributed by atoms with E-state index in [4.69, 9.17) is 14.9 Å². The first kappa shape index (κ1) is 24.1. The van der Waals surface area contributed by atoms with Gasteiger partial charge in [0.1, 0.15) is 35.9 Å². The van der Waals surface area contributed by atoms with Gasteiger partial charge in [0.25, 0.3) is 0 Å². The van der Waals surface area contributed by atoms with E-state index in [9.17, 15) is 9.18 Å². The summed E-state index contributed by atoms with van der Waals surface area (Å²) in [4.78, 5) is 10.9. The number of hydrogen-bond donors (Lipinski definition) is 1. The van der Waals surface area contributed by atoms with Crippen LogP contribution in [0.15, 0.2) is 65.3 Å². The van der Waals surface area contributed by atoms with E-state index in [2.05, 4.69) is 4.74 Å². The monoisotopic (exact) mass is 453 g/mol. The van der Waals surface area contributed by atoms with Crippen LogP contribution in [0.25, 0.3) is 22.1 Å². The van der Waals surface area contributed by atoms with E-state index in [1.807, 2.05) is 0 Å². The maximum Gasteiger partial charge on any atom is 0.144 e. The highest BCUT2D eigenvalue weighted by atomic mass is 19.1. The van der Waals surface area contributed by atoms with Crippen molar-refractivity contribution in [3.8, 4) is 16.9 Å². The van der Waals surface area contributed by atoms with Gasteiger partial charge in [-0.25, -0.2) is 8.78 Å². The van der Waals surface area contributed by atoms with Crippen molar-refractivity contribution in [2.24, 2.45) is 5.73 Å². The molecule has 4 rings (SSSR count). The summed E-state index contributed by atoms with van der Waals surface area (Å²) in [5.41, 5.74) is 7.89. The van der Waals surface area contributed by atoms with Crippen LogP contribution < -0.4 is 10.5 Å². The van der Waals surface area contributed by atoms with Gasteiger partial charge in [-0.3, -0.25) is 0 Å². The van der Waals surface area contributed by atoms with Crippen LogP contribution in [0.2, 0.25) is 0 Å². The van der Waals surface area contributed by atoms with Gasteiger partial charge in [-0.05, 0) is 18.2 Å². The normalized spacial score (nSPS) is 10.6. The third kappa shape index (κ3) is 5.27. The van der Waals surface area contributed by atoms with Crippen molar-refractivity contribution in [3.63, 3.8) is 0 Å². The topological polar surface area (TPSA) is 74.7 Å². The lowest BCUT2D eigenvalue weighted by Gasteiger charge is -2.13. The molecule has 7 heteroatoms. The molecule has 5 nitrogen and oxygen atoms in total. The summed E-state index contributed by atoms with van der Waals surface area (Å²) in [6.45, 7) is -0.0420. The van der Waals surface area contributed by atoms with Gasteiger partial charge in [-0.1, -0.05) is 36.4 Å². The molecule has 0 saturated carbocycles. The Morgan fingerprint density at radius 1 is 0.939 bits per heavy atom. The fourth-order valence-corrected chi connectivity index (χ4v) is 3.48. The number of aldehydes is 1. The average Bonchev–Trinajstić information content (AvgIpc) is 3.31. The zero-order valence-corrected chi connectivity index (χ0v) is 18.4. The van der Waals surface area contributed by atoms with Crippen LogP contribution in [-0.4, -0.2) is 20.5 Å². The highest BCUT2D eigenvalue weighted by Gasteiger charge is 2.19. The van der Waals surface area contributed by atoms with Gasteiger partial charge in [-0.15, -0.1) is 0 Å². The van der Waals surface area contributed by atoms with Crippen molar-refractivity contribution < 1.29 is 27.5 Å². The average molecular weight is 453 g/mol. The highest BCUT2D eigenvalue weighted by Crippen LogP contribution is 2.36. The quantitative estimate of drug-likeness (QED) is 0.378. The van der Waals surface area contributed by atoms with Gasteiger partial charge < -0.3 is 24.4 Å². The number of fused-ring (bicyclic) bond motifs is 1. The molecule has 0 amide bonds. The molecule has 0 aliphatic carbocycles. The van der Waals surface area contributed by atoms with Gasteiger partial charge in [0.15, 0.2) is 0 Å². The number of para-hydroxylation sites is 1. The van der Waals surface area contributed by atoms with Gasteiger partial charge in [0.05, 0.1) is 11.6 Å². The standard InChI is InChI=1S/C24H19F2NO3.C2H6O/c25-22-16(13-27)5-3-6-18(22)20-12-17(23(26)19-9-11-29-24(19)20)14-30-21-7-2-1-4-15(21)8-10-28;1-3-2/h1-7,9-12H,8,13-14,27H2;1-2H3. The van der Waals surface area contributed by atoms with E-state index in [1.54, 1.807) is 56.7 Å². The second kappa shape index (κ2) is 11.4. The van der Waals surface area contributed by atoms with E-state index in [0.717, 1.165) is 6.29 Å². The highest BCUT2D eigenvalue weighted by molar-refractivity contribution is 5.94. The van der Waals surface area contributed by atoms with E-state index < -0.39 is 11.6 Å². The van der Waals surface area contributed by atoms with Crippen molar-refractivity contribution >= 4 is 17.3 Å². The number of carbonyl (C=O) groups excluding carboxylic acids is 1. The fraction of sp³-hybridized carbons (Fsp3) is 0.192. The van der Waals surface area contributed by atoms with Gasteiger partial charge in [-0.2, -0.15) is 0 Å². The molecule has 0 atom stereocenters. The Morgan fingerprint density at radius 2 is 1.67 bits per heavy atom. The van der Waals surface area contributed by atoms with E-state index >= 15 is 4.39 Å². The number of benzene rings is 3. The minimum absolute atomic E-state index is 0.0473. The van der Waals surface area contributed by atoms with Gasteiger partial charge >= 0.3 is 0 Å². The molecule has 0 aliphatic rings. The lowest BCUT2D eigenvalue weighted by molar-refractivity contribution is -0.107. The first-order chi connectivity index (χ1) is 16.0. The Balaban J connectivity index is 0.000000968. The summed E-state index contributed by atoms with van der Waals surface area (Å²) in [5.74, 6) is -0.465. The van der Waals surface area contributed by atoms with E-state index in [-0.39, 0.29) is 41.7 Å². The van der Waals surface area contributed by atoms with Crippen molar-refractivity contribution in [3.05, 3.63) is 89.2 Å². The zero-order chi connectivity index (χ0) is 23.8. The largest absolute Gasteiger partial charge is 0.489 e. The lowest BCUT2D eigenvalue weighted by Crippen LogP contribution is -2.04. The van der Waals surface area contributed by atoms with Crippen LogP contribution in [0.4, 0.5) is 8.78 Å². The number of ether oxygens (including phenoxy) is 2. The summed E-state index contributed by atoms with van der Waals surface area (Å²) >= 11 is 0. The number of rotatable bonds is 7. The second-order valence-electron chi connectivity index (χ2n) is 7.22. The van der Waals surface area contributed by atoms with Crippen LogP contribution >= 0.6 is 0 Å². The molecule has 172 valence electrons. The van der Waals surface area contributed by atoms with Crippen molar-refractivity contribution in [1.29, 1.82) is 0 Å². The predicted octanol–water partition coefficient (Wildman–Crippen LogP) is 5.42. The number of carbonyl (C=O) groups is 1. The first-order valence-electron chi connectivity index (χ1n) is 10.3. The molecular formula is C26H25F2NO4.